The van der Waals surface area contributed by atoms with Crippen molar-refractivity contribution in [1.82, 2.24) is 25.1 Å². The Kier molecular flexibility index (Phi) is 7.37. The van der Waals surface area contributed by atoms with E-state index in [2.05, 4.69) is 50.7 Å². The molecule has 2 heterocycles. The minimum absolute atomic E-state index is 0.130. The minimum Gasteiger partial charge on any atom is -0.370 e. The average molecular weight is 459 g/mol. The Hall–Kier alpha value is -3.94. The second-order valence-electron chi connectivity index (χ2n) is 8.53. The van der Waals surface area contributed by atoms with Crippen LogP contribution in [0.5, 0.6) is 0 Å². The molecule has 4 rings (SSSR count). The Labute approximate surface area is 198 Å². The molecule has 8 nitrogen and oxygen atoms in total. The molecular formula is C26H30N6O2. The molecule has 2 unspecified atom stereocenters. The zero-order valence-electron chi connectivity index (χ0n) is 19.3. The number of carbonyl (C=O) groups excluding carboxylic acids is 2. The molecule has 0 aliphatic heterocycles. The summed E-state index contributed by atoms with van der Waals surface area (Å²) in [6.07, 6.45) is 8.73. The van der Waals surface area contributed by atoms with Crippen LogP contribution in [-0.4, -0.2) is 31.6 Å². The van der Waals surface area contributed by atoms with Crippen LogP contribution in [0.25, 0.3) is 22.0 Å². The smallest absolute Gasteiger partial charge is 0.245 e. The summed E-state index contributed by atoms with van der Waals surface area (Å²) in [5.74, 6) is 0.289. The Balaban J connectivity index is 1.50. The van der Waals surface area contributed by atoms with Crippen molar-refractivity contribution in [3.8, 4) is 11.3 Å². The first kappa shape index (κ1) is 23.2. The van der Waals surface area contributed by atoms with Crippen LogP contribution < -0.4 is 11.1 Å². The monoisotopic (exact) mass is 458 g/mol. The van der Waals surface area contributed by atoms with Gasteiger partial charge in [-0.3, -0.25) is 14.3 Å². The number of primary amides is 1. The first-order chi connectivity index (χ1) is 16.5. The van der Waals surface area contributed by atoms with Crippen LogP contribution >= 0.6 is 0 Å². The van der Waals surface area contributed by atoms with Gasteiger partial charge in [0.1, 0.15) is 11.9 Å². The van der Waals surface area contributed by atoms with E-state index in [0.29, 0.717) is 18.7 Å². The summed E-state index contributed by atoms with van der Waals surface area (Å²) < 4.78 is 1.63. The third kappa shape index (κ3) is 5.70. The highest BCUT2D eigenvalue weighted by Gasteiger charge is 2.22. The standard InChI is InChI=1S/C26H30N6O2/c1-18(32-15-7-14-29-32)26(34)31-22(10-3-2-4-11-24(27)33)25-28-17-23(30-25)21-13-12-19-8-5-6-9-20(19)16-21/h5-9,12-18,22H,2-4,10-11H2,1H3,(H2,27,33)(H,28,30)(H,31,34). The summed E-state index contributed by atoms with van der Waals surface area (Å²) in [6.45, 7) is 1.81. The summed E-state index contributed by atoms with van der Waals surface area (Å²) >= 11 is 0. The van der Waals surface area contributed by atoms with Crippen LogP contribution in [-0.2, 0) is 9.59 Å². The lowest BCUT2D eigenvalue weighted by Gasteiger charge is -2.20. The van der Waals surface area contributed by atoms with Gasteiger partial charge in [-0.1, -0.05) is 49.2 Å². The van der Waals surface area contributed by atoms with Crippen LogP contribution in [0.15, 0.2) is 67.1 Å². The largest absolute Gasteiger partial charge is 0.370 e. The number of hydrogen-bond acceptors (Lipinski definition) is 4. The zero-order chi connectivity index (χ0) is 23.9. The molecule has 34 heavy (non-hydrogen) atoms. The molecule has 0 saturated heterocycles. The third-order valence-electron chi connectivity index (χ3n) is 6.02. The van der Waals surface area contributed by atoms with Gasteiger partial charge in [-0.25, -0.2) is 4.98 Å². The maximum Gasteiger partial charge on any atom is 0.245 e. The van der Waals surface area contributed by atoms with E-state index in [1.807, 2.05) is 25.3 Å². The molecule has 2 aromatic heterocycles. The topological polar surface area (TPSA) is 119 Å². The number of rotatable bonds is 11. The summed E-state index contributed by atoms with van der Waals surface area (Å²) in [6, 6.07) is 15.6. The van der Waals surface area contributed by atoms with E-state index in [4.69, 9.17) is 5.73 Å². The number of aromatic amines is 1. The van der Waals surface area contributed by atoms with Gasteiger partial charge in [0.05, 0.1) is 17.9 Å². The second-order valence-corrected chi connectivity index (χ2v) is 8.53. The molecule has 0 fully saturated rings. The van der Waals surface area contributed by atoms with Crippen molar-refractivity contribution in [3.63, 3.8) is 0 Å². The molecule has 0 bridgehead atoms. The van der Waals surface area contributed by atoms with E-state index in [1.54, 1.807) is 23.1 Å². The minimum atomic E-state index is -0.442. The Morgan fingerprint density at radius 2 is 1.91 bits per heavy atom. The fraction of sp³-hybridized carbons (Fsp3) is 0.308. The lowest BCUT2D eigenvalue weighted by Crippen LogP contribution is -2.35. The van der Waals surface area contributed by atoms with Crippen LogP contribution in [0.3, 0.4) is 0 Å². The number of nitrogens with two attached hydrogens (primary N) is 1. The molecule has 0 aliphatic carbocycles. The van der Waals surface area contributed by atoms with Gasteiger partial charge in [0.15, 0.2) is 0 Å². The van der Waals surface area contributed by atoms with Crippen LogP contribution in [0, 0.1) is 0 Å². The molecule has 0 aliphatic rings. The van der Waals surface area contributed by atoms with Crippen LogP contribution in [0.2, 0.25) is 0 Å². The number of H-pyrrole nitrogens is 1. The van der Waals surface area contributed by atoms with Crippen molar-refractivity contribution in [2.75, 3.05) is 0 Å². The van der Waals surface area contributed by atoms with Crippen molar-refractivity contribution in [2.24, 2.45) is 5.73 Å². The molecule has 4 aromatic rings. The highest BCUT2D eigenvalue weighted by atomic mass is 16.2. The number of fused-ring (bicyclic) bond motifs is 1. The number of imidazole rings is 1. The summed E-state index contributed by atoms with van der Waals surface area (Å²) in [7, 11) is 0. The van der Waals surface area contributed by atoms with Gasteiger partial charge in [0.25, 0.3) is 0 Å². The van der Waals surface area contributed by atoms with E-state index in [0.717, 1.165) is 35.9 Å². The number of aromatic nitrogens is 4. The Bertz CT molecular complexity index is 1250. The van der Waals surface area contributed by atoms with Crippen LogP contribution in [0.4, 0.5) is 0 Å². The summed E-state index contributed by atoms with van der Waals surface area (Å²) in [4.78, 5) is 32.0. The second kappa shape index (κ2) is 10.8. The number of amides is 2. The quantitative estimate of drug-likeness (QED) is 0.291. The Morgan fingerprint density at radius 1 is 1.09 bits per heavy atom. The number of hydrogen-bond donors (Lipinski definition) is 3. The average Bonchev–Trinajstić information content (AvgIpc) is 3.55. The van der Waals surface area contributed by atoms with Crippen molar-refractivity contribution in [2.45, 2.75) is 51.1 Å². The third-order valence-corrected chi connectivity index (χ3v) is 6.02. The van der Waals surface area contributed by atoms with Gasteiger partial charge in [-0.2, -0.15) is 5.10 Å². The fourth-order valence-corrected chi connectivity index (χ4v) is 4.04. The van der Waals surface area contributed by atoms with E-state index < -0.39 is 6.04 Å². The number of benzene rings is 2. The lowest BCUT2D eigenvalue weighted by molar-refractivity contribution is -0.125. The SMILES string of the molecule is CC(C(=O)NC(CCCCCC(N)=O)c1ncc(-c2ccc3ccccc3c2)[nH]1)n1cccn1. The van der Waals surface area contributed by atoms with Crippen molar-refractivity contribution in [3.05, 3.63) is 72.9 Å². The molecule has 4 N–H and O–H groups in total. The van der Waals surface area contributed by atoms with E-state index in [-0.39, 0.29) is 17.9 Å². The highest BCUT2D eigenvalue weighted by Crippen LogP contribution is 2.26. The first-order valence-corrected chi connectivity index (χ1v) is 11.6. The number of nitrogens with one attached hydrogen (secondary N) is 2. The lowest BCUT2D eigenvalue weighted by atomic mass is 10.1. The molecule has 0 radical (unpaired) electrons. The van der Waals surface area contributed by atoms with Crippen molar-refractivity contribution in [1.29, 1.82) is 0 Å². The van der Waals surface area contributed by atoms with Crippen LogP contribution in [0.1, 0.15) is 56.9 Å². The highest BCUT2D eigenvalue weighted by molar-refractivity contribution is 5.86. The van der Waals surface area contributed by atoms with Gasteiger partial charge < -0.3 is 16.0 Å². The summed E-state index contributed by atoms with van der Waals surface area (Å²) in [5, 5.41) is 9.64. The van der Waals surface area contributed by atoms with E-state index in [9.17, 15) is 9.59 Å². The van der Waals surface area contributed by atoms with Gasteiger partial charge in [0, 0.05) is 24.4 Å². The predicted molar refractivity (Wildman–Crippen MR) is 132 cm³/mol. The molecular weight excluding hydrogens is 428 g/mol. The maximum atomic E-state index is 13.0. The normalized spacial score (nSPS) is 13.0. The van der Waals surface area contributed by atoms with Crippen molar-refractivity contribution < 1.29 is 9.59 Å². The van der Waals surface area contributed by atoms with E-state index in [1.165, 1.54) is 5.39 Å². The first-order valence-electron chi connectivity index (χ1n) is 11.6. The van der Waals surface area contributed by atoms with Gasteiger partial charge in [-0.15, -0.1) is 0 Å². The van der Waals surface area contributed by atoms with Crippen molar-refractivity contribution >= 4 is 22.6 Å². The molecule has 2 amide bonds. The Morgan fingerprint density at radius 3 is 2.68 bits per heavy atom. The van der Waals surface area contributed by atoms with Gasteiger partial charge in [0.2, 0.25) is 11.8 Å². The van der Waals surface area contributed by atoms with Gasteiger partial charge >= 0.3 is 0 Å². The maximum absolute atomic E-state index is 13.0. The number of carbonyl (C=O) groups is 2. The molecule has 176 valence electrons. The number of unbranched alkanes of at least 4 members (excludes halogenated alkanes) is 2. The van der Waals surface area contributed by atoms with E-state index >= 15 is 0 Å². The number of nitrogens with zero attached hydrogens (tertiary/aromatic N) is 3. The molecule has 0 spiro atoms. The zero-order valence-corrected chi connectivity index (χ0v) is 19.3. The molecule has 2 aromatic carbocycles. The molecule has 8 heteroatoms. The fourth-order valence-electron chi connectivity index (χ4n) is 4.04. The molecule has 2 atom stereocenters. The summed E-state index contributed by atoms with van der Waals surface area (Å²) in [5.41, 5.74) is 7.18. The predicted octanol–water partition coefficient (Wildman–Crippen LogP) is 4.28. The molecule has 0 saturated carbocycles. The van der Waals surface area contributed by atoms with Gasteiger partial charge in [-0.05, 0) is 42.7 Å².